The minimum absolute atomic E-state index is 0. The molecule has 0 atom stereocenters. The van der Waals surface area contributed by atoms with Crippen LogP contribution in [0.4, 0.5) is 4.39 Å². The second kappa shape index (κ2) is 10.9. The third-order valence-electron chi connectivity index (χ3n) is 5.19. The van der Waals surface area contributed by atoms with Gasteiger partial charge in [0.05, 0.1) is 12.3 Å². The van der Waals surface area contributed by atoms with Crippen molar-refractivity contribution in [3.63, 3.8) is 0 Å². The normalized spacial score (nSPS) is 17.1. The smallest absolute Gasteiger partial charge is 0.193 e. The Morgan fingerprint density at radius 2 is 2.10 bits per heavy atom. The predicted octanol–water partition coefficient (Wildman–Crippen LogP) is 2.23. The molecule has 3 heterocycles. The fourth-order valence-electron chi connectivity index (χ4n) is 3.75. The van der Waals surface area contributed by atoms with E-state index in [-0.39, 0.29) is 36.6 Å². The lowest BCUT2D eigenvalue weighted by Gasteiger charge is -2.36. The van der Waals surface area contributed by atoms with Crippen molar-refractivity contribution >= 4 is 29.9 Å². The maximum atomic E-state index is 13.9. The Morgan fingerprint density at radius 3 is 2.83 bits per heavy atom. The van der Waals surface area contributed by atoms with Crippen LogP contribution in [0.3, 0.4) is 0 Å². The summed E-state index contributed by atoms with van der Waals surface area (Å²) < 4.78 is 29.6. The summed E-state index contributed by atoms with van der Waals surface area (Å²) in [7, 11) is 1.79. The van der Waals surface area contributed by atoms with Crippen LogP contribution in [-0.2, 0) is 24.3 Å². The summed E-state index contributed by atoms with van der Waals surface area (Å²) in [5.41, 5.74) is 2.56. The molecular formula is C20H27FIN5O3. The van der Waals surface area contributed by atoms with Gasteiger partial charge in [0.1, 0.15) is 17.8 Å². The van der Waals surface area contributed by atoms with Crippen molar-refractivity contribution in [3.05, 3.63) is 47.1 Å². The molecule has 4 rings (SSSR count). The highest BCUT2D eigenvalue weighted by atomic mass is 127. The molecule has 0 amide bonds. The number of nitrogens with zero attached hydrogens (tertiary/aromatic N) is 4. The summed E-state index contributed by atoms with van der Waals surface area (Å²) >= 11 is 0. The van der Waals surface area contributed by atoms with Gasteiger partial charge < -0.3 is 24.2 Å². The van der Waals surface area contributed by atoms with Crippen LogP contribution in [0, 0.1) is 5.82 Å². The molecule has 0 radical (unpaired) electrons. The number of aliphatic imine (C=N–C) groups is 1. The number of hydrogen-bond acceptors (Lipinski definition) is 6. The molecule has 2 aliphatic rings. The van der Waals surface area contributed by atoms with Gasteiger partial charge in [0.15, 0.2) is 12.8 Å². The quantitative estimate of drug-likeness (QED) is 0.361. The molecule has 2 aromatic rings. The van der Waals surface area contributed by atoms with E-state index < -0.39 is 0 Å². The fraction of sp³-hybridized carbons (Fsp3) is 0.500. The molecule has 0 unspecified atom stereocenters. The van der Waals surface area contributed by atoms with Gasteiger partial charge in [-0.05, 0) is 24.1 Å². The second-order valence-corrected chi connectivity index (χ2v) is 7.14. The Kier molecular flexibility index (Phi) is 8.28. The number of nitrogens with one attached hydrogen (secondary N) is 1. The number of halogens is 2. The minimum atomic E-state index is -0.263. The molecule has 30 heavy (non-hydrogen) atoms. The van der Waals surface area contributed by atoms with Crippen LogP contribution in [0.15, 0.2) is 34.0 Å². The first-order chi connectivity index (χ1) is 14.2. The summed E-state index contributed by atoms with van der Waals surface area (Å²) in [6.45, 7) is 5.65. The van der Waals surface area contributed by atoms with Crippen LogP contribution in [0.2, 0.25) is 0 Å². The highest BCUT2D eigenvalue weighted by Crippen LogP contribution is 2.29. The number of piperazine rings is 1. The van der Waals surface area contributed by atoms with Crippen LogP contribution in [-0.4, -0.2) is 67.5 Å². The topological polar surface area (TPSA) is 75.4 Å². The van der Waals surface area contributed by atoms with Gasteiger partial charge in [-0.15, -0.1) is 24.0 Å². The van der Waals surface area contributed by atoms with Gasteiger partial charge in [-0.25, -0.2) is 4.39 Å². The standard InChI is InChI=1S/C20H26FN5O3.HI/c1-22-20(26-7-5-25(6-8-26)12-18-3-9-29-24-18)23-4-2-15-10-17(21)11-16-13-27-14-28-19(15)16;/h3,9-11H,2,4-8,12-14H2,1H3,(H,22,23);1H. The van der Waals surface area contributed by atoms with Crippen molar-refractivity contribution in [1.82, 2.24) is 20.3 Å². The van der Waals surface area contributed by atoms with Gasteiger partial charge >= 0.3 is 0 Å². The van der Waals surface area contributed by atoms with E-state index in [2.05, 4.69) is 25.3 Å². The van der Waals surface area contributed by atoms with Crippen molar-refractivity contribution in [1.29, 1.82) is 0 Å². The SMILES string of the molecule is CN=C(NCCc1cc(F)cc2c1OCOC2)N1CCN(Cc2ccon2)CC1.I. The number of ether oxygens (including phenoxy) is 2. The van der Waals surface area contributed by atoms with Crippen molar-refractivity contribution in [2.45, 2.75) is 19.6 Å². The van der Waals surface area contributed by atoms with Gasteiger partial charge in [0.25, 0.3) is 0 Å². The van der Waals surface area contributed by atoms with Gasteiger partial charge in [-0.1, -0.05) is 5.16 Å². The predicted molar refractivity (Wildman–Crippen MR) is 121 cm³/mol. The summed E-state index contributed by atoms with van der Waals surface area (Å²) in [6, 6.07) is 4.91. The first-order valence-electron chi connectivity index (χ1n) is 9.82. The Hall–Kier alpha value is -1.92. The molecule has 0 spiro atoms. The highest BCUT2D eigenvalue weighted by Gasteiger charge is 2.21. The van der Waals surface area contributed by atoms with Gasteiger partial charge in [0.2, 0.25) is 0 Å². The molecule has 1 saturated heterocycles. The van der Waals surface area contributed by atoms with Crippen LogP contribution in [0.5, 0.6) is 5.75 Å². The molecule has 2 aliphatic heterocycles. The summed E-state index contributed by atoms with van der Waals surface area (Å²) in [4.78, 5) is 9.00. The molecule has 1 N–H and O–H groups in total. The summed E-state index contributed by atoms with van der Waals surface area (Å²) in [5, 5.41) is 7.37. The average Bonchev–Trinajstić information content (AvgIpc) is 3.25. The number of aromatic nitrogens is 1. The maximum Gasteiger partial charge on any atom is 0.193 e. The largest absolute Gasteiger partial charge is 0.467 e. The van der Waals surface area contributed by atoms with Crippen LogP contribution in [0.1, 0.15) is 16.8 Å². The monoisotopic (exact) mass is 531 g/mol. The summed E-state index contributed by atoms with van der Waals surface area (Å²) in [5.74, 6) is 1.34. The van der Waals surface area contributed by atoms with E-state index in [1.165, 1.54) is 12.1 Å². The van der Waals surface area contributed by atoms with E-state index in [0.717, 1.165) is 61.3 Å². The Bertz CT molecular complexity index is 841. The molecule has 1 aromatic heterocycles. The third-order valence-corrected chi connectivity index (χ3v) is 5.19. The molecule has 0 bridgehead atoms. The van der Waals surface area contributed by atoms with E-state index in [9.17, 15) is 4.39 Å². The number of benzene rings is 1. The Balaban J connectivity index is 0.00000256. The van der Waals surface area contributed by atoms with Crippen LogP contribution >= 0.6 is 24.0 Å². The lowest BCUT2D eigenvalue weighted by Crippen LogP contribution is -2.52. The molecule has 0 aliphatic carbocycles. The third kappa shape index (κ3) is 5.61. The highest BCUT2D eigenvalue weighted by molar-refractivity contribution is 14.0. The fourth-order valence-corrected chi connectivity index (χ4v) is 3.75. The molecule has 1 aromatic carbocycles. The lowest BCUT2D eigenvalue weighted by atomic mass is 10.1. The first kappa shape index (κ1) is 22.8. The molecule has 164 valence electrons. The van der Waals surface area contributed by atoms with Gasteiger partial charge in [-0.2, -0.15) is 0 Å². The average molecular weight is 531 g/mol. The van der Waals surface area contributed by atoms with Crippen LogP contribution < -0.4 is 10.1 Å². The molecule has 10 heteroatoms. The van der Waals surface area contributed by atoms with E-state index in [1.807, 2.05) is 6.07 Å². The minimum Gasteiger partial charge on any atom is -0.467 e. The van der Waals surface area contributed by atoms with E-state index in [0.29, 0.717) is 19.6 Å². The van der Waals surface area contributed by atoms with E-state index in [1.54, 1.807) is 13.3 Å². The van der Waals surface area contributed by atoms with Crippen molar-refractivity contribution < 1.29 is 18.4 Å². The second-order valence-electron chi connectivity index (χ2n) is 7.14. The number of guanidine groups is 1. The Labute approximate surface area is 192 Å². The first-order valence-corrected chi connectivity index (χ1v) is 9.82. The van der Waals surface area contributed by atoms with Gasteiger partial charge in [0, 0.05) is 57.9 Å². The van der Waals surface area contributed by atoms with Gasteiger partial charge in [-0.3, -0.25) is 9.89 Å². The molecular weight excluding hydrogens is 504 g/mol. The Morgan fingerprint density at radius 1 is 1.27 bits per heavy atom. The zero-order valence-corrected chi connectivity index (χ0v) is 19.3. The van der Waals surface area contributed by atoms with E-state index >= 15 is 0 Å². The zero-order chi connectivity index (χ0) is 20.1. The number of hydrogen-bond donors (Lipinski definition) is 1. The van der Waals surface area contributed by atoms with Crippen molar-refractivity contribution in [2.24, 2.45) is 4.99 Å². The van der Waals surface area contributed by atoms with E-state index in [4.69, 9.17) is 14.0 Å². The maximum absolute atomic E-state index is 13.9. The lowest BCUT2D eigenvalue weighted by molar-refractivity contribution is -0.0172. The van der Waals surface area contributed by atoms with Crippen molar-refractivity contribution in [2.75, 3.05) is 46.6 Å². The zero-order valence-electron chi connectivity index (χ0n) is 17.0. The molecule has 8 nitrogen and oxygen atoms in total. The molecule has 1 fully saturated rings. The number of fused-ring (bicyclic) bond motifs is 1. The van der Waals surface area contributed by atoms with Crippen molar-refractivity contribution in [3.8, 4) is 5.75 Å². The number of rotatable bonds is 5. The molecule has 0 saturated carbocycles. The summed E-state index contributed by atoms with van der Waals surface area (Å²) in [6.07, 6.45) is 2.25. The van der Waals surface area contributed by atoms with Crippen LogP contribution in [0.25, 0.3) is 0 Å².